The minimum absolute atomic E-state index is 0.0777. The first kappa shape index (κ1) is 14.2. The Bertz CT molecular complexity index is 425. The molecule has 0 aliphatic rings. The molecule has 1 heterocycles. The lowest BCUT2D eigenvalue weighted by Gasteiger charge is -2.16. The highest BCUT2D eigenvalue weighted by molar-refractivity contribution is 5.86. The number of likely N-dealkylation sites (N-methyl/N-ethyl adjacent to an activating group) is 1. The van der Waals surface area contributed by atoms with Gasteiger partial charge in [-0.3, -0.25) is 9.69 Å². The van der Waals surface area contributed by atoms with Crippen molar-refractivity contribution in [2.45, 2.75) is 26.4 Å². The lowest BCUT2D eigenvalue weighted by Crippen LogP contribution is -2.38. The third-order valence-corrected chi connectivity index (χ3v) is 2.24. The molecule has 0 saturated carbocycles. The van der Waals surface area contributed by atoms with Gasteiger partial charge in [0.25, 0.3) is 0 Å². The number of rotatable bonds is 6. The maximum atomic E-state index is 11.5. The number of carbonyl (C=O) groups excluding carboxylic acids is 1. The van der Waals surface area contributed by atoms with Gasteiger partial charge in [-0.15, -0.1) is 0 Å². The highest BCUT2D eigenvalue weighted by atomic mass is 16.4. The van der Waals surface area contributed by atoms with Crippen molar-refractivity contribution in [2.24, 2.45) is 0 Å². The summed E-state index contributed by atoms with van der Waals surface area (Å²) in [4.78, 5) is 24.1. The van der Waals surface area contributed by atoms with Crippen molar-refractivity contribution in [2.75, 3.05) is 13.6 Å². The van der Waals surface area contributed by atoms with Crippen molar-refractivity contribution in [1.82, 2.24) is 10.2 Å². The number of nitrogens with zero attached hydrogens (tertiary/aromatic N) is 1. The number of furan rings is 1. The molecule has 1 aromatic rings. The molecule has 1 amide bonds. The molecule has 0 aromatic carbocycles. The standard InChI is InChI=1S/C12H18N2O4/c1-8(2)13-10(15)7-14(3)6-9-4-5-18-11(9)12(16)17/h4-5,8H,6-7H2,1-3H3,(H,13,15)(H,16,17). The summed E-state index contributed by atoms with van der Waals surface area (Å²) in [6, 6.07) is 1.69. The van der Waals surface area contributed by atoms with Gasteiger partial charge in [-0.05, 0) is 27.0 Å². The van der Waals surface area contributed by atoms with Gasteiger partial charge in [0.15, 0.2) is 0 Å². The molecule has 100 valence electrons. The first-order chi connectivity index (χ1) is 8.40. The van der Waals surface area contributed by atoms with Crippen LogP contribution >= 0.6 is 0 Å². The number of amides is 1. The molecule has 2 N–H and O–H groups in total. The van der Waals surface area contributed by atoms with E-state index in [0.29, 0.717) is 12.1 Å². The fourth-order valence-electron chi connectivity index (χ4n) is 1.61. The van der Waals surface area contributed by atoms with Gasteiger partial charge in [0.05, 0.1) is 12.8 Å². The molecule has 0 bridgehead atoms. The van der Waals surface area contributed by atoms with Crippen molar-refractivity contribution < 1.29 is 19.1 Å². The summed E-state index contributed by atoms with van der Waals surface area (Å²) in [5.41, 5.74) is 0.558. The van der Waals surface area contributed by atoms with Crippen LogP contribution in [-0.2, 0) is 11.3 Å². The van der Waals surface area contributed by atoms with Gasteiger partial charge in [0.2, 0.25) is 11.7 Å². The minimum Gasteiger partial charge on any atom is -0.475 e. The number of nitrogens with one attached hydrogen (secondary N) is 1. The average Bonchev–Trinajstić information content (AvgIpc) is 2.63. The molecule has 0 atom stereocenters. The Balaban J connectivity index is 2.54. The van der Waals surface area contributed by atoms with E-state index in [4.69, 9.17) is 9.52 Å². The normalized spacial score (nSPS) is 10.9. The molecule has 0 aliphatic heterocycles. The second-order valence-corrected chi connectivity index (χ2v) is 4.47. The summed E-state index contributed by atoms with van der Waals surface area (Å²) in [6.07, 6.45) is 1.33. The Morgan fingerprint density at radius 3 is 2.72 bits per heavy atom. The summed E-state index contributed by atoms with van der Waals surface area (Å²) in [5.74, 6) is -1.27. The topological polar surface area (TPSA) is 82.8 Å². The predicted molar refractivity (Wildman–Crippen MR) is 65.3 cm³/mol. The van der Waals surface area contributed by atoms with Gasteiger partial charge in [-0.1, -0.05) is 0 Å². The van der Waals surface area contributed by atoms with E-state index in [1.54, 1.807) is 18.0 Å². The maximum absolute atomic E-state index is 11.5. The Morgan fingerprint density at radius 1 is 1.50 bits per heavy atom. The molecule has 6 nitrogen and oxygen atoms in total. The van der Waals surface area contributed by atoms with Crippen LogP contribution < -0.4 is 5.32 Å². The Kier molecular flexibility index (Phi) is 4.91. The van der Waals surface area contributed by atoms with Gasteiger partial charge in [-0.2, -0.15) is 0 Å². The number of carboxylic acids is 1. The SMILES string of the molecule is CC(C)NC(=O)CN(C)Cc1ccoc1C(=O)O. The summed E-state index contributed by atoms with van der Waals surface area (Å²) >= 11 is 0. The zero-order chi connectivity index (χ0) is 13.7. The van der Waals surface area contributed by atoms with Crippen LogP contribution in [0.4, 0.5) is 0 Å². The molecule has 1 rings (SSSR count). The number of hydrogen-bond acceptors (Lipinski definition) is 4. The molecule has 18 heavy (non-hydrogen) atoms. The van der Waals surface area contributed by atoms with Crippen LogP contribution in [0.15, 0.2) is 16.7 Å². The average molecular weight is 254 g/mol. The molecule has 1 aromatic heterocycles. The molecule has 0 spiro atoms. The van der Waals surface area contributed by atoms with Crippen LogP contribution in [0.25, 0.3) is 0 Å². The highest BCUT2D eigenvalue weighted by Gasteiger charge is 2.16. The minimum atomic E-state index is -1.10. The fraction of sp³-hybridized carbons (Fsp3) is 0.500. The monoisotopic (exact) mass is 254 g/mol. The van der Waals surface area contributed by atoms with E-state index in [2.05, 4.69) is 5.32 Å². The fourth-order valence-corrected chi connectivity index (χ4v) is 1.61. The molecule has 0 saturated heterocycles. The van der Waals surface area contributed by atoms with Crippen LogP contribution in [0.3, 0.4) is 0 Å². The van der Waals surface area contributed by atoms with E-state index < -0.39 is 5.97 Å². The lowest BCUT2D eigenvalue weighted by molar-refractivity contribution is -0.122. The summed E-state index contributed by atoms with van der Waals surface area (Å²) in [5, 5.41) is 11.6. The summed E-state index contributed by atoms with van der Waals surface area (Å²) in [6.45, 7) is 4.33. The largest absolute Gasteiger partial charge is 0.475 e. The number of carboxylic acid groups (broad SMARTS) is 1. The van der Waals surface area contributed by atoms with Gasteiger partial charge in [0, 0.05) is 18.2 Å². The summed E-state index contributed by atoms with van der Waals surface area (Å²) in [7, 11) is 1.75. The van der Waals surface area contributed by atoms with Crippen LogP contribution in [0, 0.1) is 0 Å². The maximum Gasteiger partial charge on any atom is 0.372 e. The number of aromatic carboxylic acids is 1. The smallest absolute Gasteiger partial charge is 0.372 e. The van der Waals surface area contributed by atoms with Crippen LogP contribution in [-0.4, -0.2) is 41.5 Å². The third kappa shape index (κ3) is 4.21. The summed E-state index contributed by atoms with van der Waals surface area (Å²) < 4.78 is 4.87. The molecule has 0 radical (unpaired) electrons. The van der Waals surface area contributed by atoms with Crippen molar-refractivity contribution in [3.05, 3.63) is 23.7 Å². The van der Waals surface area contributed by atoms with E-state index in [1.165, 1.54) is 6.26 Å². The van der Waals surface area contributed by atoms with Crippen molar-refractivity contribution >= 4 is 11.9 Å². The molecule has 0 unspecified atom stereocenters. The van der Waals surface area contributed by atoms with Crippen molar-refractivity contribution in [3.8, 4) is 0 Å². The Labute approximate surface area is 106 Å². The quantitative estimate of drug-likeness (QED) is 0.789. The molecular formula is C12H18N2O4. The van der Waals surface area contributed by atoms with E-state index in [-0.39, 0.29) is 24.3 Å². The second kappa shape index (κ2) is 6.20. The van der Waals surface area contributed by atoms with Crippen LogP contribution in [0.1, 0.15) is 30.0 Å². The third-order valence-electron chi connectivity index (χ3n) is 2.24. The van der Waals surface area contributed by atoms with E-state index in [0.717, 1.165) is 0 Å². The van der Waals surface area contributed by atoms with Crippen LogP contribution in [0.2, 0.25) is 0 Å². The molecule has 0 fully saturated rings. The first-order valence-corrected chi connectivity index (χ1v) is 5.67. The van der Waals surface area contributed by atoms with Gasteiger partial charge in [-0.25, -0.2) is 4.79 Å². The molecular weight excluding hydrogens is 236 g/mol. The molecule has 6 heteroatoms. The van der Waals surface area contributed by atoms with Crippen molar-refractivity contribution in [3.63, 3.8) is 0 Å². The highest BCUT2D eigenvalue weighted by Crippen LogP contribution is 2.12. The zero-order valence-electron chi connectivity index (χ0n) is 10.8. The zero-order valence-corrected chi connectivity index (χ0v) is 10.8. The van der Waals surface area contributed by atoms with Gasteiger partial charge in [0.1, 0.15) is 0 Å². The number of carbonyl (C=O) groups is 2. The first-order valence-electron chi connectivity index (χ1n) is 5.67. The van der Waals surface area contributed by atoms with E-state index >= 15 is 0 Å². The Hall–Kier alpha value is -1.82. The van der Waals surface area contributed by atoms with E-state index in [9.17, 15) is 9.59 Å². The predicted octanol–water partition coefficient (Wildman–Crippen LogP) is 0.934. The van der Waals surface area contributed by atoms with Gasteiger partial charge < -0.3 is 14.8 Å². The number of hydrogen-bond donors (Lipinski definition) is 2. The second-order valence-electron chi connectivity index (χ2n) is 4.47. The Morgan fingerprint density at radius 2 is 2.17 bits per heavy atom. The van der Waals surface area contributed by atoms with Gasteiger partial charge >= 0.3 is 5.97 Å². The van der Waals surface area contributed by atoms with Crippen LogP contribution in [0.5, 0.6) is 0 Å². The van der Waals surface area contributed by atoms with E-state index in [1.807, 2.05) is 13.8 Å². The molecule has 0 aliphatic carbocycles. The lowest BCUT2D eigenvalue weighted by atomic mass is 10.2. The van der Waals surface area contributed by atoms with Crippen molar-refractivity contribution in [1.29, 1.82) is 0 Å².